The Hall–Kier alpha value is -1.62. The number of carbonyl (C=O) groups excluding carboxylic acids is 1. The Balaban J connectivity index is 0.000000956. The molecule has 0 N–H and O–H groups in total. The lowest BCUT2D eigenvalue weighted by Gasteiger charge is -2.01. The number of carbonyl (C=O) groups is 1. The molecule has 1 aromatic heterocycles. The number of halogens is 1. The van der Waals surface area contributed by atoms with Gasteiger partial charge in [-0.25, -0.2) is 4.79 Å². The third kappa shape index (κ3) is 4.49. The number of aromatic nitrogens is 2. The minimum Gasteiger partial charge on any atom is -0.461 e. The first-order chi connectivity index (χ1) is 9.70. The molecule has 0 spiro atoms. The molecule has 0 saturated heterocycles. The topological polar surface area (TPSA) is 44.1 Å². The fraction of sp³-hybridized carbons (Fsp3) is 0.333. The van der Waals surface area contributed by atoms with Gasteiger partial charge in [0.25, 0.3) is 0 Å². The van der Waals surface area contributed by atoms with Crippen molar-refractivity contribution >= 4 is 21.9 Å². The molecule has 0 radical (unpaired) electrons. The minimum absolute atomic E-state index is 0.313. The maximum absolute atomic E-state index is 11.6. The van der Waals surface area contributed by atoms with Crippen molar-refractivity contribution in [2.45, 2.75) is 27.3 Å². The predicted octanol–water partition coefficient (Wildman–Crippen LogP) is 3.90. The molecule has 0 unspecified atom stereocenters. The van der Waals surface area contributed by atoms with Gasteiger partial charge in [-0.05, 0) is 28.4 Å². The highest BCUT2D eigenvalue weighted by Crippen LogP contribution is 2.16. The van der Waals surface area contributed by atoms with Crippen LogP contribution in [0.3, 0.4) is 0 Å². The van der Waals surface area contributed by atoms with Gasteiger partial charge in [0.2, 0.25) is 0 Å². The lowest BCUT2D eigenvalue weighted by Crippen LogP contribution is -2.08. The number of rotatable bonds is 4. The molecular formula is C15H19BrN2O2. The van der Waals surface area contributed by atoms with Gasteiger partial charge in [-0.3, -0.25) is 4.68 Å². The van der Waals surface area contributed by atoms with Gasteiger partial charge in [0.1, 0.15) is 0 Å². The molecule has 2 aromatic rings. The van der Waals surface area contributed by atoms with E-state index in [2.05, 4.69) is 21.0 Å². The predicted molar refractivity (Wildman–Crippen MR) is 82.8 cm³/mol. The summed E-state index contributed by atoms with van der Waals surface area (Å²) < 4.78 is 7.29. The van der Waals surface area contributed by atoms with Crippen molar-refractivity contribution in [2.75, 3.05) is 6.61 Å². The number of nitrogens with zero attached hydrogens (tertiary/aromatic N) is 2. The van der Waals surface area contributed by atoms with Crippen LogP contribution in [-0.2, 0) is 11.3 Å². The first-order valence-corrected chi connectivity index (χ1v) is 7.44. The van der Waals surface area contributed by atoms with Crippen LogP contribution >= 0.6 is 15.9 Å². The molecule has 0 fully saturated rings. The Bertz CT molecular complexity index is 538. The van der Waals surface area contributed by atoms with Crippen molar-refractivity contribution in [3.63, 3.8) is 0 Å². The van der Waals surface area contributed by atoms with Gasteiger partial charge in [0, 0.05) is 6.20 Å². The molecule has 2 rings (SSSR count). The van der Waals surface area contributed by atoms with E-state index in [0.29, 0.717) is 23.3 Å². The van der Waals surface area contributed by atoms with E-state index in [0.717, 1.165) is 5.56 Å². The number of esters is 1. The number of hydrogen-bond acceptors (Lipinski definition) is 3. The molecule has 0 aliphatic carbocycles. The van der Waals surface area contributed by atoms with Crippen LogP contribution in [0.4, 0.5) is 0 Å². The van der Waals surface area contributed by atoms with E-state index in [4.69, 9.17) is 4.74 Å². The second-order valence-electron chi connectivity index (χ2n) is 3.73. The van der Waals surface area contributed by atoms with Crippen molar-refractivity contribution in [3.05, 3.63) is 52.3 Å². The molecule has 0 bridgehead atoms. The van der Waals surface area contributed by atoms with Crippen LogP contribution in [0.25, 0.3) is 0 Å². The lowest BCUT2D eigenvalue weighted by atomic mass is 10.2. The largest absolute Gasteiger partial charge is 0.461 e. The third-order valence-electron chi connectivity index (χ3n) is 2.37. The van der Waals surface area contributed by atoms with Crippen molar-refractivity contribution in [3.8, 4) is 0 Å². The van der Waals surface area contributed by atoms with Crippen LogP contribution in [0, 0.1) is 0 Å². The maximum atomic E-state index is 11.6. The molecule has 0 amide bonds. The molecule has 1 heterocycles. The van der Waals surface area contributed by atoms with Crippen LogP contribution in [0.2, 0.25) is 0 Å². The van der Waals surface area contributed by atoms with Crippen molar-refractivity contribution in [1.29, 1.82) is 0 Å². The van der Waals surface area contributed by atoms with Crippen LogP contribution in [0.1, 0.15) is 36.8 Å². The quantitative estimate of drug-likeness (QED) is 0.794. The molecule has 1 aromatic carbocycles. The van der Waals surface area contributed by atoms with Crippen molar-refractivity contribution in [2.24, 2.45) is 0 Å². The number of benzene rings is 1. The Morgan fingerprint density at radius 1 is 1.30 bits per heavy atom. The van der Waals surface area contributed by atoms with E-state index in [9.17, 15) is 4.79 Å². The van der Waals surface area contributed by atoms with Crippen LogP contribution in [0.5, 0.6) is 0 Å². The molecule has 4 nitrogen and oxygen atoms in total. The number of hydrogen-bond donors (Lipinski definition) is 0. The van der Waals surface area contributed by atoms with Gasteiger partial charge in [0.05, 0.1) is 17.6 Å². The summed E-state index contributed by atoms with van der Waals surface area (Å²) in [6.07, 6.45) is 1.78. The standard InChI is InChI=1S/C13H13BrN2O2.C2H6/c1-2-18-13(17)12-11(14)9-16(15-12)8-10-6-4-3-5-7-10;1-2/h3-7,9H,2,8H2,1H3;1-2H3. The van der Waals surface area contributed by atoms with Gasteiger partial charge in [-0.1, -0.05) is 44.2 Å². The molecule has 108 valence electrons. The smallest absolute Gasteiger partial charge is 0.360 e. The monoisotopic (exact) mass is 338 g/mol. The molecule has 5 heteroatoms. The second kappa shape index (κ2) is 8.53. The summed E-state index contributed by atoms with van der Waals surface area (Å²) in [6.45, 7) is 6.74. The average molecular weight is 339 g/mol. The highest BCUT2D eigenvalue weighted by molar-refractivity contribution is 9.10. The van der Waals surface area contributed by atoms with Gasteiger partial charge in [-0.2, -0.15) is 5.10 Å². The highest BCUT2D eigenvalue weighted by atomic mass is 79.9. The molecule has 0 aliphatic heterocycles. The second-order valence-corrected chi connectivity index (χ2v) is 4.58. The van der Waals surface area contributed by atoms with Gasteiger partial charge >= 0.3 is 5.97 Å². The SMILES string of the molecule is CC.CCOC(=O)c1nn(Cc2ccccc2)cc1Br. The fourth-order valence-electron chi connectivity index (χ4n) is 1.59. The zero-order valence-electron chi connectivity index (χ0n) is 12.0. The first kappa shape index (κ1) is 16.4. The minimum atomic E-state index is -0.406. The van der Waals surface area contributed by atoms with Crippen molar-refractivity contribution < 1.29 is 9.53 Å². The van der Waals surface area contributed by atoms with Crippen LogP contribution < -0.4 is 0 Å². The van der Waals surface area contributed by atoms with Crippen LogP contribution in [0.15, 0.2) is 41.0 Å². The van der Waals surface area contributed by atoms with Crippen molar-refractivity contribution in [1.82, 2.24) is 9.78 Å². The Labute approximate surface area is 127 Å². The van der Waals surface area contributed by atoms with E-state index < -0.39 is 5.97 Å². The van der Waals surface area contributed by atoms with Gasteiger partial charge in [0.15, 0.2) is 5.69 Å². The third-order valence-corrected chi connectivity index (χ3v) is 2.95. The van der Waals surface area contributed by atoms with Gasteiger partial charge < -0.3 is 4.74 Å². The van der Waals surface area contributed by atoms with Crippen LogP contribution in [-0.4, -0.2) is 22.4 Å². The maximum Gasteiger partial charge on any atom is 0.360 e. The summed E-state index contributed by atoms with van der Waals surface area (Å²) >= 11 is 3.32. The first-order valence-electron chi connectivity index (χ1n) is 6.64. The Morgan fingerprint density at radius 3 is 2.55 bits per heavy atom. The van der Waals surface area contributed by atoms with E-state index >= 15 is 0 Å². The summed E-state index contributed by atoms with van der Waals surface area (Å²) in [4.78, 5) is 11.6. The zero-order chi connectivity index (χ0) is 15.0. The van der Waals surface area contributed by atoms with Gasteiger partial charge in [-0.15, -0.1) is 0 Å². The normalized spacial score (nSPS) is 9.60. The summed E-state index contributed by atoms with van der Waals surface area (Å²) in [5, 5.41) is 4.22. The molecule has 0 aliphatic rings. The molecular weight excluding hydrogens is 320 g/mol. The summed E-state index contributed by atoms with van der Waals surface area (Å²) in [6, 6.07) is 9.94. The Morgan fingerprint density at radius 2 is 1.95 bits per heavy atom. The zero-order valence-corrected chi connectivity index (χ0v) is 13.6. The highest BCUT2D eigenvalue weighted by Gasteiger charge is 2.16. The fourth-order valence-corrected chi connectivity index (χ4v) is 2.06. The molecule has 20 heavy (non-hydrogen) atoms. The van der Waals surface area contributed by atoms with E-state index in [1.165, 1.54) is 0 Å². The molecule has 0 atom stereocenters. The number of ether oxygens (including phenoxy) is 1. The lowest BCUT2D eigenvalue weighted by molar-refractivity contribution is 0.0517. The average Bonchev–Trinajstić information content (AvgIpc) is 2.83. The van der Waals surface area contributed by atoms with E-state index in [1.54, 1.807) is 17.8 Å². The summed E-state index contributed by atoms with van der Waals surface area (Å²) in [5.74, 6) is -0.406. The molecule has 0 saturated carbocycles. The summed E-state index contributed by atoms with van der Waals surface area (Å²) in [5.41, 5.74) is 1.44. The van der Waals surface area contributed by atoms with E-state index in [-0.39, 0.29) is 0 Å². The van der Waals surface area contributed by atoms with E-state index in [1.807, 2.05) is 44.2 Å². The summed E-state index contributed by atoms with van der Waals surface area (Å²) in [7, 11) is 0. The Kier molecular flexibility index (Phi) is 7.01.